The molecule has 0 fully saturated rings. The summed E-state index contributed by atoms with van der Waals surface area (Å²) >= 11 is 0. The van der Waals surface area contributed by atoms with Crippen LogP contribution in [0.15, 0.2) is 55.1 Å². The van der Waals surface area contributed by atoms with Gasteiger partial charge in [0.05, 0.1) is 17.1 Å². The SMILES string of the molecule is Cc1cnc2[nH]nc(NCc3ccc(-c4ccnc5[nH]c(-c6cnn(C)c6)nc45)cc3F)c2c1. The number of pyridine rings is 2. The van der Waals surface area contributed by atoms with E-state index in [2.05, 4.69) is 35.6 Å². The molecular formula is C24H20FN9. The summed E-state index contributed by atoms with van der Waals surface area (Å²) in [6.07, 6.45) is 7.07. The van der Waals surface area contributed by atoms with Crippen LogP contribution in [0.2, 0.25) is 0 Å². The minimum absolute atomic E-state index is 0.291. The number of benzene rings is 1. The molecule has 0 saturated heterocycles. The monoisotopic (exact) mass is 453 g/mol. The lowest BCUT2D eigenvalue weighted by molar-refractivity contribution is 0.613. The molecule has 0 aliphatic heterocycles. The molecule has 0 atom stereocenters. The van der Waals surface area contributed by atoms with Crippen LogP contribution in [0, 0.1) is 12.7 Å². The Labute approximate surface area is 193 Å². The van der Waals surface area contributed by atoms with Gasteiger partial charge >= 0.3 is 0 Å². The highest BCUT2D eigenvalue weighted by molar-refractivity contribution is 5.91. The molecule has 1 aromatic carbocycles. The summed E-state index contributed by atoms with van der Waals surface area (Å²) in [7, 11) is 1.85. The molecule has 6 rings (SSSR count). The molecule has 3 N–H and O–H groups in total. The van der Waals surface area contributed by atoms with Gasteiger partial charge in [-0.1, -0.05) is 12.1 Å². The highest BCUT2D eigenvalue weighted by atomic mass is 19.1. The molecule has 34 heavy (non-hydrogen) atoms. The second kappa shape index (κ2) is 7.77. The van der Waals surface area contributed by atoms with Crippen molar-refractivity contribution in [1.82, 2.24) is 39.9 Å². The van der Waals surface area contributed by atoms with Crippen molar-refractivity contribution in [2.45, 2.75) is 13.5 Å². The fourth-order valence-corrected chi connectivity index (χ4v) is 4.00. The number of rotatable bonds is 5. The third-order valence-electron chi connectivity index (χ3n) is 5.73. The number of aryl methyl sites for hydroxylation is 2. The molecule has 168 valence electrons. The van der Waals surface area contributed by atoms with Gasteiger partial charge in [-0.15, -0.1) is 0 Å². The van der Waals surface area contributed by atoms with E-state index in [4.69, 9.17) is 4.98 Å². The molecule has 6 aromatic rings. The number of hydrogen-bond acceptors (Lipinski definition) is 6. The van der Waals surface area contributed by atoms with Crippen molar-refractivity contribution >= 4 is 28.0 Å². The van der Waals surface area contributed by atoms with Crippen molar-refractivity contribution < 1.29 is 4.39 Å². The van der Waals surface area contributed by atoms with Crippen LogP contribution in [0.5, 0.6) is 0 Å². The number of nitrogens with one attached hydrogen (secondary N) is 3. The van der Waals surface area contributed by atoms with E-state index in [9.17, 15) is 0 Å². The Hall–Kier alpha value is -4.60. The van der Waals surface area contributed by atoms with E-state index in [-0.39, 0.29) is 5.82 Å². The Balaban J connectivity index is 1.29. The van der Waals surface area contributed by atoms with Crippen LogP contribution < -0.4 is 5.32 Å². The Morgan fingerprint density at radius 3 is 2.79 bits per heavy atom. The van der Waals surface area contributed by atoms with Crippen LogP contribution in [0.25, 0.3) is 44.7 Å². The zero-order chi connectivity index (χ0) is 23.2. The van der Waals surface area contributed by atoms with Gasteiger partial charge in [-0.05, 0) is 36.2 Å². The second-order valence-corrected chi connectivity index (χ2v) is 8.18. The normalized spacial score (nSPS) is 11.5. The number of halogens is 1. The number of hydrogen-bond donors (Lipinski definition) is 3. The molecule has 0 bridgehead atoms. The number of nitrogens with zero attached hydrogens (tertiary/aromatic N) is 6. The molecule has 0 amide bonds. The van der Waals surface area contributed by atoms with Crippen molar-refractivity contribution in [1.29, 1.82) is 0 Å². The van der Waals surface area contributed by atoms with Crippen LogP contribution in [0.3, 0.4) is 0 Å². The van der Waals surface area contributed by atoms with E-state index < -0.39 is 0 Å². The highest BCUT2D eigenvalue weighted by Crippen LogP contribution is 2.30. The summed E-state index contributed by atoms with van der Waals surface area (Å²) in [4.78, 5) is 16.6. The maximum Gasteiger partial charge on any atom is 0.158 e. The van der Waals surface area contributed by atoms with Gasteiger partial charge < -0.3 is 10.3 Å². The van der Waals surface area contributed by atoms with Crippen molar-refractivity contribution in [3.63, 3.8) is 0 Å². The molecule has 0 unspecified atom stereocenters. The van der Waals surface area contributed by atoms with Crippen LogP contribution in [-0.4, -0.2) is 39.9 Å². The first-order valence-electron chi connectivity index (χ1n) is 10.7. The summed E-state index contributed by atoms with van der Waals surface area (Å²) in [5.41, 5.74) is 5.95. The maximum absolute atomic E-state index is 15.1. The van der Waals surface area contributed by atoms with Crippen LogP contribution in [-0.2, 0) is 13.6 Å². The lowest BCUT2D eigenvalue weighted by atomic mass is 10.0. The van der Waals surface area contributed by atoms with Gasteiger partial charge in [0, 0.05) is 43.3 Å². The third-order valence-corrected chi connectivity index (χ3v) is 5.73. The van der Waals surface area contributed by atoms with Gasteiger partial charge in [0.25, 0.3) is 0 Å². The lowest BCUT2D eigenvalue weighted by Gasteiger charge is -2.08. The molecule has 9 nitrogen and oxygen atoms in total. The predicted octanol–water partition coefficient (Wildman–Crippen LogP) is 4.36. The Bertz CT molecular complexity index is 1660. The first-order valence-corrected chi connectivity index (χ1v) is 10.7. The lowest BCUT2D eigenvalue weighted by Crippen LogP contribution is -2.02. The number of anilines is 1. The molecule has 0 aliphatic carbocycles. The second-order valence-electron chi connectivity index (χ2n) is 8.18. The summed E-state index contributed by atoms with van der Waals surface area (Å²) in [6.45, 7) is 2.26. The van der Waals surface area contributed by atoms with E-state index >= 15 is 4.39 Å². The zero-order valence-electron chi connectivity index (χ0n) is 18.5. The summed E-state index contributed by atoms with van der Waals surface area (Å²) in [5, 5.41) is 15.4. The number of aromatic nitrogens is 8. The number of aromatic amines is 2. The van der Waals surface area contributed by atoms with Crippen molar-refractivity contribution in [3.8, 4) is 22.5 Å². The van der Waals surface area contributed by atoms with Crippen LogP contribution in [0.4, 0.5) is 10.2 Å². The Morgan fingerprint density at radius 1 is 1.06 bits per heavy atom. The topological polar surface area (TPSA) is 113 Å². The highest BCUT2D eigenvalue weighted by Gasteiger charge is 2.14. The van der Waals surface area contributed by atoms with Gasteiger partial charge in [-0.25, -0.2) is 19.3 Å². The molecule has 10 heteroatoms. The van der Waals surface area contributed by atoms with E-state index in [1.165, 1.54) is 6.07 Å². The van der Waals surface area contributed by atoms with Gasteiger partial charge in [0.2, 0.25) is 0 Å². The molecule has 0 saturated carbocycles. The summed E-state index contributed by atoms with van der Waals surface area (Å²) < 4.78 is 16.8. The quantitative estimate of drug-likeness (QED) is 0.358. The Morgan fingerprint density at radius 2 is 1.97 bits per heavy atom. The van der Waals surface area contributed by atoms with E-state index in [0.717, 1.165) is 27.6 Å². The number of H-pyrrole nitrogens is 2. The van der Waals surface area contributed by atoms with Crippen molar-refractivity contribution in [2.75, 3.05) is 5.32 Å². The smallest absolute Gasteiger partial charge is 0.158 e. The average molecular weight is 453 g/mol. The summed E-state index contributed by atoms with van der Waals surface area (Å²) in [5.74, 6) is 0.998. The van der Waals surface area contributed by atoms with Crippen molar-refractivity contribution in [2.24, 2.45) is 7.05 Å². The fraction of sp³-hybridized carbons (Fsp3) is 0.125. The van der Waals surface area contributed by atoms with Gasteiger partial charge in [0.1, 0.15) is 17.2 Å². The zero-order valence-corrected chi connectivity index (χ0v) is 18.5. The van der Waals surface area contributed by atoms with E-state index in [1.807, 2.05) is 38.4 Å². The first kappa shape index (κ1) is 20.0. The fourth-order valence-electron chi connectivity index (χ4n) is 4.00. The van der Waals surface area contributed by atoms with E-state index in [0.29, 0.717) is 40.6 Å². The minimum atomic E-state index is -0.313. The minimum Gasteiger partial charge on any atom is -0.364 e. The summed E-state index contributed by atoms with van der Waals surface area (Å²) in [6, 6.07) is 9.03. The molecule has 5 aromatic heterocycles. The number of imidazole rings is 1. The predicted molar refractivity (Wildman–Crippen MR) is 127 cm³/mol. The van der Waals surface area contributed by atoms with Crippen molar-refractivity contribution in [3.05, 3.63) is 72.1 Å². The van der Waals surface area contributed by atoms with Crippen LogP contribution >= 0.6 is 0 Å². The molecule has 0 spiro atoms. The molecule has 0 aliphatic rings. The largest absolute Gasteiger partial charge is 0.364 e. The van der Waals surface area contributed by atoms with E-state index in [1.54, 1.807) is 29.3 Å². The van der Waals surface area contributed by atoms with Crippen LogP contribution in [0.1, 0.15) is 11.1 Å². The van der Waals surface area contributed by atoms with Gasteiger partial charge in [-0.2, -0.15) is 10.2 Å². The Kier molecular flexibility index (Phi) is 4.58. The average Bonchev–Trinajstić information content (AvgIpc) is 3.55. The molecule has 5 heterocycles. The molecule has 0 radical (unpaired) electrons. The van der Waals surface area contributed by atoms with Gasteiger partial charge in [0.15, 0.2) is 17.1 Å². The number of fused-ring (bicyclic) bond motifs is 2. The third kappa shape index (κ3) is 3.45. The molecular weight excluding hydrogens is 433 g/mol. The first-order chi connectivity index (χ1) is 16.5. The van der Waals surface area contributed by atoms with Gasteiger partial charge in [-0.3, -0.25) is 9.78 Å². The maximum atomic E-state index is 15.1. The standard InChI is InChI=1S/C24H20FN9/c1-13-7-18-22(27-9-13)32-33-23(18)28-10-15-4-3-14(8-19(15)25)17-5-6-26-24-20(17)30-21(31-24)16-11-29-34(2)12-16/h3-9,11-12H,10H2,1-2H3,(H,26,30,31)(H2,27,28,32,33).